The van der Waals surface area contributed by atoms with Crippen molar-refractivity contribution >= 4 is 27.3 Å². The fourth-order valence-corrected chi connectivity index (χ4v) is 2.95. The standard InChI is InChI=1S/C12H15BrN2OS/c1-3-14-11(10-4-5-16-12(10)13)6-9-7-17-8(2)15-9/h4-5,7,11,14H,3,6H2,1-2H3. The fraction of sp³-hybridized carbons (Fsp3) is 0.417. The predicted molar refractivity (Wildman–Crippen MR) is 73.4 cm³/mol. The third kappa shape index (κ3) is 3.18. The highest BCUT2D eigenvalue weighted by atomic mass is 79.9. The molecular formula is C12H15BrN2OS. The number of halogens is 1. The molecule has 0 fully saturated rings. The highest BCUT2D eigenvalue weighted by molar-refractivity contribution is 9.10. The van der Waals surface area contributed by atoms with E-state index >= 15 is 0 Å². The zero-order chi connectivity index (χ0) is 12.3. The summed E-state index contributed by atoms with van der Waals surface area (Å²) < 4.78 is 6.09. The molecule has 2 aromatic heterocycles. The van der Waals surface area contributed by atoms with Crippen LogP contribution < -0.4 is 5.32 Å². The van der Waals surface area contributed by atoms with Gasteiger partial charge in [0.15, 0.2) is 4.67 Å². The first-order valence-corrected chi connectivity index (χ1v) is 7.25. The molecule has 0 aliphatic rings. The molecule has 2 rings (SSSR count). The molecule has 0 radical (unpaired) electrons. The Labute approximate surface area is 113 Å². The summed E-state index contributed by atoms with van der Waals surface area (Å²) in [5.41, 5.74) is 2.28. The van der Waals surface area contributed by atoms with Gasteiger partial charge in [0.1, 0.15) is 0 Å². The van der Waals surface area contributed by atoms with Crippen molar-refractivity contribution in [3.63, 3.8) is 0 Å². The summed E-state index contributed by atoms with van der Waals surface area (Å²) in [7, 11) is 0. The van der Waals surface area contributed by atoms with Crippen LogP contribution in [0.5, 0.6) is 0 Å². The molecule has 3 nitrogen and oxygen atoms in total. The summed E-state index contributed by atoms with van der Waals surface area (Å²) in [4.78, 5) is 4.50. The number of likely N-dealkylation sites (N-methyl/N-ethyl adjacent to an activating group) is 1. The second kappa shape index (κ2) is 5.80. The Morgan fingerprint density at radius 3 is 2.94 bits per heavy atom. The summed E-state index contributed by atoms with van der Waals surface area (Å²) in [6.45, 7) is 5.06. The topological polar surface area (TPSA) is 38.1 Å². The first kappa shape index (κ1) is 12.8. The van der Waals surface area contributed by atoms with E-state index in [-0.39, 0.29) is 6.04 Å². The average molecular weight is 315 g/mol. The summed E-state index contributed by atoms with van der Waals surface area (Å²) in [6, 6.07) is 2.24. The van der Waals surface area contributed by atoms with Crippen LogP contribution in [0.1, 0.15) is 29.2 Å². The molecule has 0 aromatic carbocycles. The monoisotopic (exact) mass is 314 g/mol. The van der Waals surface area contributed by atoms with E-state index in [1.165, 1.54) is 0 Å². The van der Waals surface area contributed by atoms with Crippen LogP contribution in [0.25, 0.3) is 0 Å². The second-order valence-corrected chi connectivity index (χ2v) is 5.60. The molecule has 92 valence electrons. The summed E-state index contributed by atoms with van der Waals surface area (Å²) >= 11 is 5.12. The molecule has 0 aliphatic heterocycles. The number of aryl methyl sites for hydroxylation is 1. The third-order valence-corrected chi connectivity index (χ3v) is 4.02. The number of hydrogen-bond acceptors (Lipinski definition) is 4. The molecule has 1 atom stereocenters. The van der Waals surface area contributed by atoms with Gasteiger partial charge in [-0.2, -0.15) is 0 Å². The van der Waals surface area contributed by atoms with Crippen molar-refractivity contribution in [3.8, 4) is 0 Å². The van der Waals surface area contributed by atoms with Crippen LogP contribution in [0, 0.1) is 6.92 Å². The Hall–Kier alpha value is -0.650. The Bertz CT molecular complexity index is 480. The van der Waals surface area contributed by atoms with Gasteiger partial charge in [0.2, 0.25) is 0 Å². The number of nitrogens with one attached hydrogen (secondary N) is 1. The van der Waals surface area contributed by atoms with Gasteiger partial charge in [-0.15, -0.1) is 11.3 Å². The van der Waals surface area contributed by atoms with Crippen molar-refractivity contribution in [2.75, 3.05) is 6.54 Å². The molecule has 0 saturated carbocycles. The van der Waals surface area contributed by atoms with Gasteiger partial charge < -0.3 is 9.73 Å². The van der Waals surface area contributed by atoms with Crippen molar-refractivity contribution in [2.45, 2.75) is 26.3 Å². The van der Waals surface area contributed by atoms with Gasteiger partial charge in [0, 0.05) is 23.4 Å². The van der Waals surface area contributed by atoms with E-state index in [0.717, 1.165) is 33.9 Å². The van der Waals surface area contributed by atoms with E-state index in [2.05, 4.69) is 38.5 Å². The van der Waals surface area contributed by atoms with Crippen LogP contribution in [0.15, 0.2) is 26.8 Å². The lowest BCUT2D eigenvalue weighted by atomic mass is 10.1. The average Bonchev–Trinajstić information content (AvgIpc) is 2.87. The lowest BCUT2D eigenvalue weighted by Gasteiger charge is -2.15. The maximum atomic E-state index is 5.29. The molecule has 0 amide bonds. The molecule has 0 spiro atoms. The lowest BCUT2D eigenvalue weighted by Crippen LogP contribution is -2.23. The lowest BCUT2D eigenvalue weighted by molar-refractivity contribution is 0.504. The Morgan fingerprint density at radius 1 is 1.59 bits per heavy atom. The van der Waals surface area contributed by atoms with Gasteiger partial charge >= 0.3 is 0 Å². The van der Waals surface area contributed by atoms with Crippen molar-refractivity contribution in [3.05, 3.63) is 38.6 Å². The molecule has 5 heteroatoms. The number of furan rings is 1. The minimum Gasteiger partial charge on any atom is -0.457 e. The Morgan fingerprint density at radius 2 is 2.41 bits per heavy atom. The molecular weight excluding hydrogens is 300 g/mol. The number of hydrogen-bond donors (Lipinski definition) is 1. The van der Waals surface area contributed by atoms with E-state index in [1.54, 1.807) is 17.6 Å². The maximum absolute atomic E-state index is 5.29. The van der Waals surface area contributed by atoms with Crippen molar-refractivity contribution in [1.82, 2.24) is 10.3 Å². The molecule has 1 N–H and O–H groups in total. The molecule has 0 bridgehead atoms. The highest BCUT2D eigenvalue weighted by Gasteiger charge is 2.17. The quantitative estimate of drug-likeness (QED) is 0.914. The first-order valence-electron chi connectivity index (χ1n) is 5.58. The van der Waals surface area contributed by atoms with E-state index in [1.807, 2.05) is 13.0 Å². The number of thiazole rings is 1. The van der Waals surface area contributed by atoms with Gasteiger partial charge in [-0.3, -0.25) is 0 Å². The number of aromatic nitrogens is 1. The fourth-order valence-electron chi connectivity index (χ4n) is 1.80. The zero-order valence-electron chi connectivity index (χ0n) is 9.87. The third-order valence-electron chi connectivity index (χ3n) is 2.55. The van der Waals surface area contributed by atoms with Crippen LogP contribution >= 0.6 is 27.3 Å². The van der Waals surface area contributed by atoms with E-state index in [0.29, 0.717) is 0 Å². The van der Waals surface area contributed by atoms with Gasteiger partial charge in [0.05, 0.1) is 17.0 Å². The minimum atomic E-state index is 0.245. The van der Waals surface area contributed by atoms with Crippen molar-refractivity contribution in [2.24, 2.45) is 0 Å². The van der Waals surface area contributed by atoms with Crippen LogP contribution in [0.4, 0.5) is 0 Å². The number of rotatable bonds is 5. The smallest absolute Gasteiger partial charge is 0.173 e. The van der Waals surface area contributed by atoms with Crippen LogP contribution in [0.3, 0.4) is 0 Å². The Balaban J connectivity index is 2.15. The molecule has 2 heterocycles. The van der Waals surface area contributed by atoms with Crippen molar-refractivity contribution in [1.29, 1.82) is 0 Å². The van der Waals surface area contributed by atoms with E-state index in [9.17, 15) is 0 Å². The van der Waals surface area contributed by atoms with Gasteiger partial charge in [-0.05, 0) is 35.5 Å². The molecule has 1 unspecified atom stereocenters. The summed E-state index contributed by atoms with van der Waals surface area (Å²) in [5.74, 6) is 0. The van der Waals surface area contributed by atoms with Crippen LogP contribution in [-0.4, -0.2) is 11.5 Å². The van der Waals surface area contributed by atoms with Crippen molar-refractivity contribution < 1.29 is 4.42 Å². The van der Waals surface area contributed by atoms with Gasteiger partial charge in [-0.25, -0.2) is 4.98 Å². The minimum absolute atomic E-state index is 0.245. The first-order chi connectivity index (χ1) is 8.20. The molecule has 17 heavy (non-hydrogen) atoms. The van der Waals surface area contributed by atoms with Gasteiger partial charge in [-0.1, -0.05) is 6.92 Å². The zero-order valence-corrected chi connectivity index (χ0v) is 12.3. The highest BCUT2D eigenvalue weighted by Crippen LogP contribution is 2.27. The molecule has 0 saturated heterocycles. The normalized spacial score (nSPS) is 12.9. The Kier molecular flexibility index (Phi) is 4.36. The van der Waals surface area contributed by atoms with E-state index in [4.69, 9.17) is 4.42 Å². The molecule has 0 aliphatic carbocycles. The maximum Gasteiger partial charge on any atom is 0.173 e. The van der Waals surface area contributed by atoms with Gasteiger partial charge in [0.25, 0.3) is 0 Å². The molecule has 2 aromatic rings. The number of nitrogens with zero attached hydrogens (tertiary/aromatic N) is 1. The van der Waals surface area contributed by atoms with Crippen LogP contribution in [0.2, 0.25) is 0 Å². The summed E-state index contributed by atoms with van der Waals surface area (Å²) in [6.07, 6.45) is 2.59. The largest absolute Gasteiger partial charge is 0.457 e. The second-order valence-electron chi connectivity index (χ2n) is 3.82. The summed E-state index contributed by atoms with van der Waals surface area (Å²) in [5, 5.41) is 6.69. The predicted octanol–water partition coefficient (Wildman–Crippen LogP) is 3.70. The van der Waals surface area contributed by atoms with Crippen LogP contribution in [-0.2, 0) is 6.42 Å². The van der Waals surface area contributed by atoms with E-state index < -0.39 is 0 Å². The SMILES string of the molecule is CCNC(Cc1csc(C)n1)c1ccoc1Br.